The summed E-state index contributed by atoms with van der Waals surface area (Å²) in [7, 11) is 0. The molecule has 1 saturated heterocycles. The van der Waals surface area contributed by atoms with Gasteiger partial charge >= 0.3 is 0 Å². The Kier molecular flexibility index (Phi) is 7.38. The number of hydrogen-bond acceptors (Lipinski definition) is 3. The third-order valence-electron chi connectivity index (χ3n) is 5.35. The predicted octanol–water partition coefficient (Wildman–Crippen LogP) is 3.24. The van der Waals surface area contributed by atoms with Crippen molar-refractivity contribution >= 4 is 18.3 Å². The Labute approximate surface area is 151 Å². The molecule has 2 aliphatic rings. The van der Waals surface area contributed by atoms with Crippen molar-refractivity contribution < 1.29 is 9.53 Å². The highest BCUT2D eigenvalue weighted by Gasteiger charge is 2.29. The number of nitrogens with zero attached hydrogens (tertiary/aromatic N) is 1. The molecule has 1 saturated carbocycles. The van der Waals surface area contributed by atoms with Crippen LogP contribution in [-0.2, 0) is 4.79 Å². The molecule has 0 unspecified atom stereocenters. The SMILES string of the molecule is Cl.N[C@@H]1CCC[C@H]1CC(=O)N1CCC(COc2ccccc2)CC1. The Morgan fingerprint density at radius 3 is 2.46 bits per heavy atom. The maximum absolute atomic E-state index is 12.4. The van der Waals surface area contributed by atoms with Crippen molar-refractivity contribution in [1.29, 1.82) is 0 Å². The van der Waals surface area contributed by atoms with E-state index in [-0.39, 0.29) is 18.4 Å². The van der Waals surface area contributed by atoms with Crippen LogP contribution in [0.15, 0.2) is 30.3 Å². The standard InChI is InChI=1S/C19H28N2O2.ClH/c20-18-8-4-5-16(18)13-19(22)21-11-9-15(10-12-21)14-23-17-6-2-1-3-7-17;/h1-3,6-7,15-16,18H,4-5,8-14,20H2;1H/t16-,18+;/m0./s1. The van der Waals surface area contributed by atoms with Gasteiger partial charge in [-0.25, -0.2) is 0 Å². The fourth-order valence-electron chi connectivity index (χ4n) is 3.75. The molecule has 2 fully saturated rings. The molecule has 24 heavy (non-hydrogen) atoms. The van der Waals surface area contributed by atoms with E-state index >= 15 is 0 Å². The summed E-state index contributed by atoms with van der Waals surface area (Å²) in [5.41, 5.74) is 6.09. The minimum atomic E-state index is 0. The quantitative estimate of drug-likeness (QED) is 0.885. The number of hydrogen-bond donors (Lipinski definition) is 1. The highest BCUT2D eigenvalue weighted by atomic mass is 35.5. The van der Waals surface area contributed by atoms with E-state index in [0.29, 0.717) is 24.2 Å². The molecule has 134 valence electrons. The van der Waals surface area contributed by atoms with Gasteiger partial charge in [0, 0.05) is 25.6 Å². The first-order valence-corrected chi connectivity index (χ1v) is 8.93. The van der Waals surface area contributed by atoms with Crippen molar-refractivity contribution in [3.8, 4) is 5.75 Å². The van der Waals surface area contributed by atoms with Crippen LogP contribution in [0.4, 0.5) is 0 Å². The monoisotopic (exact) mass is 352 g/mol. The Morgan fingerprint density at radius 1 is 1.12 bits per heavy atom. The number of ether oxygens (including phenoxy) is 1. The smallest absolute Gasteiger partial charge is 0.222 e. The second kappa shape index (κ2) is 9.28. The molecule has 1 aromatic carbocycles. The van der Waals surface area contributed by atoms with E-state index in [2.05, 4.69) is 0 Å². The number of carbonyl (C=O) groups is 1. The summed E-state index contributed by atoms with van der Waals surface area (Å²) in [6.45, 7) is 2.48. The number of amides is 1. The van der Waals surface area contributed by atoms with Crippen LogP contribution in [0.5, 0.6) is 5.75 Å². The summed E-state index contributed by atoms with van der Waals surface area (Å²) >= 11 is 0. The second-order valence-corrected chi connectivity index (χ2v) is 7.01. The van der Waals surface area contributed by atoms with Crippen LogP contribution in [-0.4, -0.2) is 36.5 Å². The van der Waals surface area contributed by atoms with Crippen LogP contribution < -0.4 is 10.5 Å². The normalized spacial score (nSPS) is 24.5. The third-order valence-corrected chi connectivity index (χ3v) is 5.35. The maximum atomic E-state index is 12.4. The summed E-state index contributed by atoms with van der Waals surface area (Å²) in [4.78, 5) is 14.5. The molecule has 0 bridgehead atoms. The molecule has 1 aliphatic carbocycles. The highest BCUT2D eigenvalue weighted by Crippen LogP contribution is 2.28. The van der Waals surface area contributed by atoms with Gasteiger partial charge in [-0.2, -0.15) is 0 Å². The first-order chi connectivity index (χ1) is 11.2. The average Bonchev–Trinajstić information content (AvgIpc) is 2.99. The van der Waals surface area contributed by atoms with Gasteiger partial charge in [0.1, 0.15) is 5.75 Å². The second-order valence-electron chi connectivity index (χ2n) is 7.01. The Hall–Kier alpha value is -1.26. The summed E-state index contributed by atoms with van der Waals surface area (Å²) in [6.07, 6.45) is 6.10. The van der Waals surface area contributed by atoms with E-state index in [0.717, 1.165) is 51.1 Å². The lowest BCUT2D eigenvalue weighted by Crippen LogP contribution is -2.41. The maximum Gasteiger partial charge on any atom is 0.222 e. The van der Waals surface area contributed by atoms with Crippen LogP contribution in [0.1, 0.15) is 38.5 Å². The number of benzene rings is 1. The number of carbonyl (C=O) groups excluding carboxylic acids is 1. The van der Waals surface area contributed by atoms with E-state index in [1.165, 1.54) is 6.42 Å². The van der Waals surface area contributed by atoms with Gasteiger partial charge in [-0.1, -0.05) is 24.6 Å². The zero-order valence-corrected chi connectivity index (χ0v) is 15.0. The summed E-state index contributed by atoms with van der Waals surface area (Å²) in [5, 5.41) is 0. The van der Waals surface area contributed by atoms with E-state index in [9.17, 15) is 4.79 Å². The molecule has 1 aromatic rings. The largest absolute Gasteiger partial charge is 0.493 e. The van der Waals surface area contributed by atoms with Gasteiger partial charge in [-0.15, -0.1) is 12.4 Å². The van der Waals surface area contributed by atoms with Crippen molar-refractivity contribution in [2.75, 3.05) is 19.7 Å². The number of likely N-dealkylation sites (tertiary alicyclic amines) is 1. The van der Waals surface area contributed by atoms with Gasteiger partial charge in [0.15, 0.2) is 0 Å². The molecule has 3 rings (SSSR count). The molecular weight excluding hydrogens is 324 g/mol. The molecule has 0 radical (unpaired) electrons. The summed E-state index contributed by atoms with van der Waals surface area (Å²) in [5.74, 6) is 2.19. The van der Waals surface area contributed by atoms with E-state index in [1.807, 2.05) is 35.2 Å². The average molecular weight is 353 g/mol. The first kappa shape index (κ1) is 19.1. The van der Waals surface area contributed by atoms with Crippen LogP contribution >= 0.6 is 12.4 Å². The highest BCUT2D eigenvalue weighted by molar-refractivity contribution is 5.85. The van der Waals surface area contributed by atoms with Gasteiger partial charge in [-0.3, -0.25) is 4.79 Å². The Balaban J connectivity index is 0.00000208. The number of para-hydroxylation sites is 1. The van der Waals surface area contributed by atoms with Crippen LogP contribution in [0.25, 0.3) is 0 Å². The van der Waals surface area contributed by atoms with E-state index in [4.69, 9.17) is 10.5 Å². The minimum absolute atomic E-state index is 0. The number of halogens is 1. The van der Waals surface area contributed by atoms with Crippen molar-refractivity contribution in [1.82, 2.24) is 4.90 Å². The number of nitrogens with two attached hydrogens (primary N) is 1. The zero-order chi connectivity index (χ0) is 16.1. The van der Waals surface area contributed by atoms with Crippen LogP contribution in [0.3, 0.4) is 0 Å². The molecular formula is C19H29ClN2O2. The Morgan fingerprint density at radius 2 is 1.83 bits per heavy atom. The summed E-state index contributed by atoms with van der Waals surface area (Å²) in [6, 6.07) is 10.2. The van der Waals surface area contributed by atoms with Gasteiger partial charge in [0.05, 0.1) is 6.61 Å². The van der Waals surface area contributed by atoms with Crippen LogP contribution in [0.2, 0.25) is 0 Å². The topological polar surface area (TPSA) is 55.6 Å². The lowest BCUT2D eigenvalue weighted by atomic mass is 9.95. The molecule has 0 aromatic heterocycles. The molecule has 1 aliphatic heterocycles. The van der Waals surface area contributed by atoms with E-state index in [1.54, 1.807) is 0 Å². The lowest BCUT2D eigenvalue weighted by Gasteiger charge is -2.33. The summed E-state index contributed by atoms with van der Waals surface area (Å²) < 4.78 is 5.84. The van der Waals surface area contributed by atoms with Crippen molar-refractivity contribution in [3.63, 3.8) is 0 Å². The fraction of sp³-hybridized carbons (Fsp3) is 0.632. The van der Waals surface area contributed by atoms with E-state index < -0.39 is 0 Å². The molecule has 1 heterocycles. The minimum Gasteiger partial charge on any atom is -0.493 e. The van der Waals surface area contributed by atoms with Crippen molar-refractivity contribution in [2.24, 2.45) is 17.6 Å². The molecule has 4 nitrogen and oxygen atoms in total. The molecule has 2 atom stereocenters. The molecule has 5 heteroatoms. The molecule has 1 amide bonds. The van der Waals surface area contributed by atoms with Gasteiger partial charge < -0.3 is 15.4 Å². The van der Waals surface area contributed by atoms with Gasteiger partial charge in [0.25, 0.3) is 0 Å². The fourth-order valence-corrected chi connectivity index (χ4v) is 3.75. The molecule has 0 spiro atoms. The van der Waals surface area contributed by atoms with Gasteiger partial charge in [0.2, 0.25) is 5.91 Å². The third kappa shape index (κ3) is 5.12. The van der Waals surface area contributed by atoms with Crippen LogP contribution in [0, 0.1) is 11.8 Å². The lowest BCUT2D eigenvalue weighted by molar-refractivity contribution is -0.133. The number of rotatable bonds is 5. The molecule has 2 N–H and O–H groups in total. The van der Waals surface area contributed by atoms with Crippen molar-refractivity contribution in [3.05, 3.63) is 30.3 Å². The zero-order valence-electron chi connectivity index (χ0n) is 14.2. The Bertz CT molecular complexity index is 503. The van der Waals surface area contributed by atoms with Crippen molar-refractivity contribution in [2.45, 2.75) is 44.6 Å². The first-order valence-electron chi connectivity index (χ1n) is 8.93. The van der Waals surface area contributed by atoms with Gasteiger partial charge in [-0.05, 0) is 49.7 Å². The number of piperidine rings is 1. The predicted molar refractivity (Wildman–Crippen MR) is 98.4 cm³/mol.